The SMILES string of the molecule is CCC(C)Oc1cccc(NC(=O)c2ccc(F)cc2)c1. The molecule has 4 heteroatoms. The number of amides is 1. The Morgan fingerprint density at radius 2 is 1.95 bits per heavy atom. The molecule has 1 N–H and O–H groups in total. The molecule has 0 aliphatic rings. The highest BCUT2D eigenvalue weighted by Crippen LogP contribution is 2.20. The smallest absolute Gasteiger partial charge is 0.255 e. The third kappa shape index (κ3) is 4.31. The summed E-state index contributed by atoms with van der Waals surface area (Å²) in [4.78, 5) is 12.0. The van der Waals surface area contributed by atoms with Crippen LogP contribution in [0.3, 0.4) is 0 Å². The molecule has 0 saturated heterocycles. The summed E-state index contributed by atoms with van der Waals surface area (Å²) >= 11 is 0. The fourth-order valence-corrected chi connectivity index (χ4v) is 1.77. The molecule has 0 fully saturated rings. The topological polar surface area (TPSA) is 38.3 Å². The lowest BCUT2D eigenvalue weighted by atomic mass is 10.2. The number of hydrogen-bond acceptors (Lipinski definition) is 2. The molecule has 0 aliphatic heterocycles. The van der Waals surface area contributed by atoms with Crippen molar-refractivity contribution in [2.24, 2.45) is 0 Å². The quantitative estimate of drug-likeness (QED) is 0.892. The lowest BCUT2D eigenvalue weighted by molar-refractivity contribution is 0.102. The Morgan fingerprint density at radius 3 is 2.62 bits per heavy atom. The van der Waals surface area contributed by atoms with Gasteiger partial charge in [0, 0.05) is 17.3 Å². The third-order valence-electron chi connectivity index (χ3n) is 3.11. The first-order valence-electron chi connectivity index (χ1n) is 6.92. The van der Waals surface area contributed by atoms with Crippen molar-refractivity contribution in [1.29, 1.82) is 0 Å². The van der Waals surface area contributed by atoms with E-state index in [9.17, 15) is 9.18 Å². The van der Waals surface area contributed by atoms with E-state index in [4.69, 9.17) is 4.74 Å². The Kier molecular flexibility index (Phi) is 4.93. The van der Waals surface area contributed by atoms with E-state index < -0.39 is 0 Å². The van der Waals surface area contributed by atoms with Crippen LogP contribution in [0.15, 0.2) is 48.5 Å². The second-order valence-corrected chi connectivity index (χ2v) is 4.83. The van der Waals surface area contributed by atoms with Crippen LogP contribution in [-0.2, 0) is 0 Å². The van der Waals surface area contributed by atoms with Crippen molar-refractivity contribution in [2.75, 3.05) is 5.32 Å². The van der Waals surface area contributed by atoms with Gasteiger partial charge in [-0.05, 0) is 49.7 Å². The van der Waals surface area contributed by atoms with Gasteiger partial charge < -0.3 is 10.1 Å². The Balaban J connectivity index is 2.07. The van der Waals surface area contributed by atoms with E-state index in [2.05, 4.69) is 5.32 Å². The van der Waals surface area contributed by atoms with Gasteiger partial charge in [-0.2, -0.15) is 0 Å². The molecule has 3 nitrogen and oxygen atoms in total. The Morgan fingerprint density at radius 1 is 1.24 bits per heavy atom. The van der Waals surface area contributed by atoms with Gasteiger partial charge in [-0.1, -0.05) is 13.0 Å². The highest BCUT2D eigenvalue weighted by Gasteiger charge is 2.07. The van der Waals surface area contributed by atoms with Crippen molar-refractivity contribution in [1.82, 2.24) is 0 Å². The molecule has 0 radical (unpaired) electrons. The number of carbonyl (C=O) groups is 1. The highest BCUT2D eigenvalue weighted by atomic mass is 19.1. The summed E-state index contributed by atoms with van der Waals surface area (Å²) in [6.45, 7) is 4.04. The lowest BCUT2D eigenvalue weighted by Crippen LogP contribution is -2.13. The number of rotatable bonds is 5. The largest absolute Gasteiger partial charge is 0.491 e. The van der Waals surface area contributed by atoms with Crippen LogP contribution in [0, 0.1) is 5.82 Å². The number of carbonyl (C=O) groups excluding carboxylic acids is 1. The molecule has 0 heterocycles. The first-order valence-corrected chi connectivity index (χ1v) is 6.92. The van der Waals surface area contributed by atoms with Crippen LogP contribution in [0.5, 0.6) is 5.75 Å². The standard InChI is InChI=1S/C17H18FNO2/c1-3-12(2)21-16-6-4-5-15(11-16)19-17(20)13-7-9-14(18)10-8-13/h4-12H,3H2,1-2H3,(H,19,20). The minimum absolute atomic E-state index is 0.119. The Labute approximate surface area is 123 Å². The van der Waals surface area contributed by atoms with Crippen LogP contribution in [0.4, 0.5) is 10.1 Å². The summed E-state index contributed by atoms with van der Waals surface area (Å²) in [6, 6.07) is 12.6. The maximum absolute atomic E-state index is 12.8. The predicted molar refractivity (Wildman–Crippen MR) is 81.2 cm³/mol. The van der Waals surface area contributed by atoms with Crippen LogP contribution in [0.25, 0.3) is 0 Å². The molecular formula is C17H18FNO2. The minimum Gasteiger partial charge on any atom is -0.491 e. The normalized spacial score (nSPS) is 11.8. The molecular weight excluding hydrogens is 269 g/mol. The fraction of sp³-hybridized carbons (Fsp3) is 0.235. The molecule has 1 amide bonds. The van der Waals surface area contributed by atoms with Crippen LogP contribution in [0.1, 0.15) is 30.6 Å². The first-order chi connectivity index (χ1) is 10.1. The van der Waals surface area contributed by atoms with E-state index in [1.54, 1.807) is 12.1 Å². The number of hydrogen-bond donors (Lipinski definition) is 1. The zero-order valence-electron chi connectivity index (χ0n) is 12.1. The van der Waals surface area contributed by atoms with Crippen molar-refractivity contribution in [3.8, 4) is 5.75 Å². The van der Waals surface area contributed by atoms with E-state index >= 15 is 0 Å². The van der Waals surface area contributed by atoms with Crippen LogP contribution in [-0.4, -0.2) is 12.0 Å². The fourth-order valence-electron chi connectivity index (χ4n) is 1.77. The van der Waals surface area contributed by atoms with E-state index in [0.29, 0.717) is 17.0 Å². The Bertz CT molecular complexity index is 610. The summed E-state index contributed by atoms with van der Waals surface area (Å²) in [5.74, 6) is 0.0625. The molecule has 2 rings (SSSR count). The van der Waals surface area contributed by atoms with Crippen LogP contribution in [0.2, 0.25) is 0 Å². The van der Waals surface area contributed by atoms with Crippen molar-refractivity contribution < 1.29 is 13.9 Å². The molecule has 0 spiro atoms. The van der Waals surface area contributed by atoms with E-state index in [1.807, 2.05) is 26.0 Å². The summed E-state index contributed by atoms with van der Waals surface area (Å²) in [6.07, 6.45) is 1.03. The van der Waals surface area contributed by atoms with Gasteiger partial charge in [0.1, 0.15) is 11.6 Å². The van der Waals surface area contributed by atoms with Gasteiger partial charge in [0.25, 0.3) is 5.91 Å². The molecule has 110 valence electrons. The van der Waals surface area contributed by atoms with Crippen LogP contribution >= 0.6 is 0 Å². The predicted octanol–water partition coefficient (Wildman–Crippen LogP) is 4.26. The summed E-state index contributed by atoms with van der Waals surface area (Å²) in [7, 11) is 0. The van der Waals surface area contributed by atoms with Crippen molar-refractivity contribution in [3.63, 3.8) is 0 Å². The van der Waals surface area contributed by atoms with E-state index in [1.165, 1.54) is 24.3 Å². The second kappa shape index (κ2) is 6.88. The van der Waals surface area contributed by atoms with Gasteiger partial charge in [-0.15, -0.1) is 0 Å². The third-order valence-corrected chi connectivity index (χ3v) is 3.11. The van der Waals surface area contributed by atoms with Gasteiger partial charge in [0.05, 0.1) is 6.10 Å². The maximum Gasteiger partial charge on any atom is 0.255 e. The first kappa shape index (κ1) is 15.0. The molecule has 0 aromatic heterocycles. The van der Waals surface area contributed by atoms with Gasteiger partial charge in [0.15, 0.2) is 0 Å². The Hall–Kier alpha value is -2.36. The zero-order valence-corrected chi connectivity index (χ0v) is 12.1. The summed E-state index contributed by atoms with van der Waals surface area (Å²) in [5.41, 5.74) is 1.05. The lowest BCUT2D eigenvalue weighted by Gasteiger charge is -2.13. The van der Waals surface area contributed by atoms with E-state index in [0.717, 1.165) is 6.42 Å². The minimum atomic E-state index is -0.365. The van der Waals surface area contributed by atoms with Gasteiger partial charge in [0.2, 0.25) is 0 Å². The second-order valence-electron chi connectivity index (χ2n) is 4.83. The van der Waals surface area contributed by atoms with Gasteiger partial charge in [-0.3, -0.25) is 4.79 Å². The van der Waals surface area contributed by atoms with Gasteiger partial charge in [-0.25, -0.2) is 4.39 Å². The average molecular weight is 287 g/mol. The molecule has 1 atom stereocenters. The van der Waals surface area contributed by atoms with E-state index in [-0.39, 0.29) is 17.8 Å². The number of halogens is 1. The van der Waals surface area contributed by atoms with Crippen LogP contribution < -0.4 is 10.1 Å². The maximum atomic E-state index is 12.8. The molecule has 1 unspecified atom stereocenters. The number of benzene rings is 2. The molecule has 0 saturated carbocycles. The number of anilines is 1. The summed E-state index contributed by atoms with van der Waals surface area (Å²) < 4.78 is 18.5. The van der Waals surface area contributed by atoms with Crippen molar-refractivity contribution in [3.05, 3.63) is 59.9 Å². The molecule has 21 heavy (non-hydrogen) atoms. The van der Waals surface area contributed by atoms with Gasteiger partial charge >= 0.3 is 0 Å². The van der Waals surface area contributed by atoms with Crippen molar-refractivity contribution >= 4 is 11.6 Å². The molecule has 2 aromatic carbocycles. The molecule has 0 bridgehead atoms. The number of nitrogens with one attached hydrogen (secondary N) is 1. The summed E-state index contributed by atoms with van der Waals surface area (Å²) in [5, 5.41) is 2.77. The monoisotopic (exact) mass is 287 g/mol. The van der Waals surface area contributed by atoms with Crippen molar-refractivity contribution in [2.45, 2.75) is 26.4 Å². The average Bonchev–Trinajstić information content (AvgIpc) is 2.48. The zero-order chi connectivity index (χ0) is 15.2. The molecule has 0 aliphatic carbocycles. The number of ether oxygens (including phenoxy) is 1. The molecule has 2 aromatic rings. The highest BCUT2D eigenvalue weighted by molar-refractivity contribution is 6.04.